The van der Waals surface area contributed by atoms with Crippen molar-refractivity contribution in [3.05, 3.63) is 96.1 Å². The Bertz CT molecular complexity index is 1110. The van der Waals surface area contributed by atoms with E-state index in [2.05, 4.69) is 15.3 Å². The standard InChI is InChI=1S/C22H16FN3O2/c23-16-7-11-18(12-8-16)28-17-9-5-15(6-10-17)13-25-22(27)21-14-24-19-3-1-2-4-20(19)26-21/h1-12,14H,13H2,(H,25,27). The summed E-state index contributed by atoms with van der Waals surface area (Å²) < 4.78 is 18.6. The number of halogens is 1. The highest BCUT2D eigenvalue weighted by atomic mass is 19.1. The van der Waals surface area contributed by atoms with Crippen molar-refractivity contribution in [1.82, 2.24) is 15.3 Å². The number of carbonyl (C=O) groups excluding carboxylic acids is 1. The second kappa shape index (κ2) is 7.84. The zero-order chi connectivity index (χ0) is 19.3. The summed E-state index contributed by atoms with van der Waals surface area (Å²) in [7, 11) is 0. The molecule has 0 aliphatic heterocycles. The fraction of sp³-hybridized carbons (Fsp3) is 0.0455. The van der Waals surface area contributed by atoms with Gasteiger partial charge in [0, 0.05) is 6.54 Å². The van der Waals surface area contributed by atoms with Gasteiger partial charge >= 0.3 is 0 Å². The van der Waals surface area contributed by atoms with Crippen LogP contribution in [-0.4, -0.2) is 15.9 Å². The lowest BCUT2D eigenvalue weighted by Gasteiger charge is -2.08. The summed E-state index contributed by atoms with van der Waals surface area (Å²) >= 11 is 0. The van der Waals surface area contributed by atoms with Crippen molar-refractivity contribution in [3.63, 3.8) is 0 Å². The summed E-state index contributed by atoms with van der Waals surface area (Å²) in [5.41, 5.74) is 2.61. The van der Waals surface area contributed by atoms with Gasteiger partial charge in [-0.3, -0.25) is 9.78 Å². The first-order chi connectivity index (χ1) is 13.7. The van der Waals surface area contributed by atoms with Crippen LogP contribution in [0.1, 0.15) is 16.1 Å². The molecule has 0 aliphatic rings. The molecule has 4 aromatic rings. The summed E-state index contributed by atoms with van der Waals surface area (Å²) in [5, 5.41) is 2.83. The second-order valence-corrected chi connectivity index (χ2v) is 6.13. The Kier molecular flexibility index (Phi) is 4.93. The molecule has 1 aromatic heterocycles. The van der Waals surface area contributed by atoms with Crippen LogP contribution in [0.3, 0.4) is 0 Å². The Hall–Kier alpha value is -3.80. The zero-order valence-electron chi connectivity index (χ0n) is 14.8. The first-order valence-electron chi connectivity index (χ1n) is 8.70. The molecule has 5 nitrogen and oxygen atoms in total. The maximum absolute atomic E-state index is 12.9. The van der Waals surface area contributed by atoms with E-state index in [1.807, 2.05) is 36.4 Å². The molecule has 0 radical (unpaired) electrons. The molecule has 1 amide bonds. The minimum Gasteiger partial charge on any atom is -0.457 e. The van der Waals surface area contributed by atoms with Crippen molar-refractivity contribution in [2.24, 2.45) is 0 Å². The predicted molar refractivity (Wildman–Crippen MR) is 104 cm³/mol. The summed E-state index contributed by atoms with van der Waals surface area (Å²) in [6, 6.07) is 20.5. The average Bonchev–Trinajstić information content (AvgIpc) is 2.74. The Morgan fingerprint density at radius 3 is 2.25 bits per heavy atom. The van der Waals surface area contributed by atoms with E-state index >= 15 is 0 Å². The largest absolute Gasteiger partial charge is 0.457 e. The minimum atomic E-state index is -0.311. The Labute approximate surface area is 160 Å². The maximum Gasteiger partial charge on any atom is 0.271 e. The zero-order valence-corrected chi connectivity index (χ0v) is 14.8. The van der Waals surface area contributed by atoms with Gasteiger partial charge in [-0.15, -0.1) is 0 Å². The molecule has 0 saturated heterocycles. The number of hydrogen-bond acceptors (Lipinski definition) is 4. The minimum absolute atomic E-state index is 0.273. The van der Waals surface area contributed by atoms with Gasteiger partial charge in [-0.2, -0.15) is 0 Å². The Balaban J connectivity index is 1.37. The van der Waals surface area contributed by atoms with E-state index in [1.54, 1.807) is 24.3 Å². The molecule has 0 saturated carbocycles. The van der Waals surface area contributed by atoms with Crippen LogP contribution in [0.2, 0.25) is 0 Å². The van der Waals surface area contributed by atoms with Gasteiger partial charge in [-0.05, 0) is 54.1 Å². The molecular weight excluding hydrogens is 357 g/mol. The maximum atomic E-state index is 12.9. The van der Waals surface area contributed by atoms with Gasteiger partial charge in [0.1, 0.15) is 23.0 Å². The van der Waals surface area contributed by atoms with Gasteiger partial charge in [0.25, 0.3) is 5.91 Å². The fourth-order valence-electron chi connectivity index (χ4n) is 2.65. The first-order valence-corrected chi connectivity index (χ1v) is 8.70. The molecule has 1 N–H and O–H groups in total. The molecule has 0 unspecified atom stereocenters. The van der Waals surface area contributed by atoms with Crippen molar-refractivity contribution in [2.75, 3.05) is 0 Å². The van der Waals surface area contributed by atoms with E-state index in [4.69, 9.17) is 4.74 Å². The smallest absolute Gasteiger partial charge is 0.271 e. The summed E-state index contributed by atoms with van der Waals surface area (Å²) in [6.45, 7) is 0.351. The van der Waals surface area contributed by atoms with Crippen molar-refractivity contribution < 1.29 is 13.9 Å². The molecule has 28 heavy (non-hydrogen) atoms. The molecule has 0 spiro atoms. The predicted octanol–water partition coefficient (Wildman–Crippen LogP) is 4.49. The molecule has 4 rings (SSSR count). The van der Waals surface area contributed by atoms with Gasteiger partial charge in [-0.1, -0.05) is 24.3 Å². The van der Waals surface area contributed by atoms with Crippen molar-refractivity contribution in [3.8, 4) is 11.5 Å². The van der Waals surface area contributed by atoms with Gasteiger partial charge < -0.3 is 10.1 Å². The molecule has 0 fully saturated rings. The van der Waals surface area contributed by atoms with E-state index in [-0.39, 0.29) is 17.4 Å². The van der Waals surface area contributed by atoms with Crippen LogP contribution in [0.25, 0.3) is 11.0 Å². The molecule has 1 heterocycles. The Morgan fingerprint density at radius 2 is 1.54 bits per heavy atom. The number of rotatable bonds is 5. The van der Waals surface area contributed by atoms with Gasteiger partial charge in [0.05, 0.1) is 17.2 Å². The lowest BCUT2D eigenvalue weighted by atomic mass is 10.2. The third kappa shape index (κ3) is 4.12. The number of fused-ring (bicyclic) bond motifs is 1. The van der Waals surface area contributed by atoms with E-state index < -0.39 is 0 Å². The van der Waals surface area contributed by atoms with Crippen LogP contribution in [0, 0.1) is 5.82 Å². The third-order valence-electron chi connectivity index (χ3n) is 4.11. The third-order valence-corrected chi connectivity index (χ3v) is 4.11. The summed E-state index contributed by atoms with van der Waals surface area (Å²) in [5.74, 6) is 0.582. The van der Waals surface area contributed by atoms with E-state index in [1.165, 1.54) is 18.3 Å². The highest BCUT2D eigenvalue weighted by Crippen LogP contribution is 2.21. The number of hydrogen-bond donors (Lipinski definition) is 1. The molecule has 138 valence electrons. The fourth-order valence-corrected chi connectivity index (χ4v) is 2.65. The van der Waals surface area contributed by atoms with Crippen LogP contribution in [0.5, 0.6) is 11.5 Å². The first kappa shape index (κ1) is 17.6. The van der Waals surface area contributed by atoms with Crippen molar-refractivity contribution in [1.29, 1.82) is 0 Å². The number of aromatic nitrogens is 2. The number of carbonyl (C=O) groups is 1. The van der Waals surface area contributed by atoms with Crippen LogP contribution in [0.15, 0.2) is 79.0 Å². The monoisotopic (exact) mass is 373 g/mol. The highest BCUT2D eigenvalue weighted by Gasteiger charge is 2.09. The molecule has 0 bridgehead atoms. The molecule has 3 aromatic carbocycles. The second-order valence-electron chi connectivity index (χ2n) is 6.13. The lowest BCUT2D eigenvalue weighted by molar-refractivity contribution is 0.0946. The Morgan fingerprint density at radius 1 is 0.893 bits per heavy atom. The van der Waals surface area contributed by atoms with Crippen LogP contribution in [-0.2, 0) is 6.54 Å². The van der Waals surface area contributed by atoms with E-state index in [0.29, 0.717) is 23.6 Å². The molecule has 0 atom stereocenters. The SMILES string of the molecule is O=C(NCc1ccc(Oc2ccc(F)cc2)cc1)c1cnc2ccccc2n1. The van der Waals surface area contributed by atoms with Gasteiger partial charge in [0.15, 0.2) is 0 Å². The number of para-hydroxylation sites is 2. The molecule has 6 heteroatoms. The number of nitrogens with one attached hydrogen (secondary N) is 1. The van der Waals surface area contributed by atoms with E-state index in [0.717, 1.165) is 11.1 Å². The molecule has 0 aliphatic carbocycles. The topological polar surface area (TPSA) is 64.1 Å². The van der Waals surface area contributed by atoms with Gasteiger partial charge in [-0.25, -0.2) is 9.37 Å². The lowest BCUT2D eigenvalue weighted by Crippen LogP contribution is -2.24. The van der Waals surface area contributed by atoms with Crippen molar-refractivity contribution >= 4 is 16.9 Å². The van der Waals surface area contributed by atoms with Gasteiger partial charge in [0.2, 0.25) is 0 Å². The van der Waals surface area contributed by atoms with Crippen LogP contribution < -0.4 is 10.1 Å². The quantitative estimate of drug-likeness (QED) is 0.560. The summed E-state index contributed by atoms with van der Waals surface area (Å²) in [6.07, 6.45) is 1.47. The van der Waals surface area contributed by atoms with Crippen LogP contribution in [0.4, 0.5) is 4.39 Å². The number of amides is 1. The van der Waals surface area contributed by atoms with Crippen LogP contribution >= 0.6 is 0 Å². The number of nitrogens with zero attached hydrogens (tertiary/aromatic N) is 2. The van der Waals surface area contributed by atoms with E-state index in [9.17, 15) is 9.18 Å². The molecular formula is C22H16FN3O2. The normalized spacial score (nSPS) is 10.6. The highest BCUT2D eigenvalue weighted by molar-refractivity contribution is 5.93. The number of benzene rings is 3. The average molecular weight is 373 g/mol. The summed E-state index contributed by atoms with van der Waals surface area (Å²) in [4.78, 5) is 20.9. The number of ether oxygens (including phenoxy) is 1. The van der Waals surface area contributed by atoms with Crippen molar-refractivity contribution in [2.45, 2.75) is 6.54 Å².